The van der Waals surface area contributed by atoms with E-state index in [1.54, 1.807) is 19.1 Å². The second kappa shape index (κ2) is 5.88. The van der Waals surface area contributed by atoms with Crippen molar-refractivity contribution in [3.8, 4) is 0 Å². The molecule has 0 aliphatic rings. The number of halogens is 1. The predicted octanol–water partition coefficient (Wildman–Crippen LogP) is 3.41. The molecule has 0 aliphatic heterocycles. The SMILES string of the molecule is CCn1cc(S(=O)(=O)Nc2ccc(Cl)c3ccoc23)cc1C(=O)O. The van der Waals surface area contributed by atoms with Crippen LogP contribution in [0.1, 0.15) is 17.4 Å². The molecule has 2 heterocycles. The van der Waals surface area contributed by atoms with Gasteiger partial charge in [-0.25, -0.2) is 13.2 Å². The van der Waals surface area contributed by atoms with Gasteiger partial charge in [-0.2, -0.15) is 0 Å². The van der Waals surface area contributed by atoms with Crippen LogP contribution in [0, 0.1) is 0 Å². The highest BCUT2D eigenvalue weighted by molar-refractivity contribution is 7.92. The number of benzene rings is 1. The van der Waals surface area contributed by atoms with E-state index in [0.717, 1.165) is 6.07 Å². The number of rotatable bonds is 5. The molecule has 0 atom stereocenters. The first-order valence-corrected chi connectivity index (χ1v) is 8.81. The van der Waals surface area contributed by atoms with Crippen LogP contribution in [-0.2, 0) is 16.6 Å². The van der Waals surface area contributed by atoms with Gasteiger partial charge in [-0.15, -0.1) is 0 Å². The van der Waals surface area contributed by atoms with Crippen molar-refractivity contribution in [1.29, 1.82) is 0 Å². The Morgan fingerprint density at radius 2 is 2.12 bits per heavy atom. The number of aromatic nitrogens is 1. The van der Waals surface area contributed by atoms with E-state index in [1.165, 1.54) is 23.1 Å². The molecule has 1 aromatic carbocycles. The Hall–Kier alpha value is -2.45. The average molecular weight is 369 g/mol. The van der Waals surface area contributed by atoms with Gasteiger partial charge in [0.05, 0.1) is 17.0 Å². The largest absolute Gasteiger partial charge is 0.477 e. The summed E-state index contributed by atoms with van der Waals surface area (Å²) in [5.74, 6) is -1.20. The van der Waals surface area contributed by atoms with Gasteiger partial charge in [-0.3, -0.25) is 4.72 Å². The van der Waals surface area contributed by atoms with E-state index < -0.39 is 16.0 Å². The third-order valence-corrected chi connectivity index (χ3v) is 5.21. The maximum Gasteiger partial charge on any atom is 0.352 e. The molecule has 24 heavy (non-hydrogen) atoms. The summed E-state index contributed by atoms with van der Waals surface area (Å²) >= 11 is 6.03. The van der Waals surface area contributed by atoms with Crippen LogP contribution in [-0.4, -0.2) is 24.1 Å². The lowest BCUT2D eigenvalue weighted by molar-refractivity contribution is 0.0685. The molecule has 3 aromatic rings. The topological polar surface area (TPSA) is 102 Å². The van der Waals surface area contributed by atoms with Gasteiger partial charge in [0.15, 0.2) is 5.58 Å². The minimum atomic E-state index is -3.98. The van der Waals surface area contributed by atoms with Crippen molar-refractivity contribution >= 4 is 44.3 Å². The maximum absolute atomic E-state index is 12.6. The molecule has 2 N–H and O–H groups in total. The summed E-state index contributed by atoms with van der Waals surface area (Å²) in [4.78, 5) is 11.0. The van der Waals surface area contributed by atoms with Crippen molar-refractivity contribution in [3.05, 3.63) is 47.4 Å². The zero-order valence-corrected chi connectivity index (χ0v) is 14.1. The first kappa shape index (κ1) is 16.4. The summed E-state index contributed by atoms with van der Waals surface area (Å²) in [5.41, 5.74) is 0.428. The van der Waals surface area contributed by atoms with E-state index in [1.807, 2.05) is 0 Å². The van der Waals surface area contributed by atoms with E-state index in [4.69, 9.17) is 21.1 Å². The lowest BCUT2D eigenvalue weighted by Crippen LogP contribution is -2.12. The zero-order valence-electron chi connectivity index (χ0n) is 12.5. The monoisotopic (exact) mass is 368 g/mol. The van der Waals surface area contributed by atoms with Crippen LogP contribution in [0.4, 0.5) is 5.69 Å². The Labute approximate surface area is 142 Å². The first-order chi connectivity index (χ1) is 11.3. The quantitative estimate of drug-likeness (QED) is 0.718. The number of carboxylic acid groups (broad SMARTS) is 1. The van der Waals surface area contributed by atoms with Crippen molar-refractivity contribution < 1.29 is 22.7 Å². The molecule has 126 valence electrons. The number of carbonyl (C=O) groups is 1. The first-order valence-electron chi connectivity index (χ1n) is 6.95. The van der Waals surface area contributed by atoms with Crippen molar-refractivity contribution in [1.82, 2.24) is 4.57 Å². The van der Waals surface area contributed by atoms with Crippen molar-refractivity contribution in [2.24, 2.45) is 0 Å². The van der Waals surface area contributed by atoms with Crippen molar-refractivity contribution in [3.63, 3.8) is 0 Å². The number of nitrogens with zero attached hydrogens (tertiary/aromatic N) is 1. The molecule has 0 spiro atoms. The van der Waals surface area contributed by atoms with Gasteiger partial charge in [0.1, 0.15) is 10.6 Å². The summed E-state index contributed by atoms with van der Waals surface area (Å²) < 4.78 is 34.2. The Morgan fingerprint density at radius 1 is 1.38 bits per heavy atom. The molecule has 0 saturated carbocycles. The number of aryl methyl sites for hydroxylation is 1. The van der Waals surface area contributed by atoms with Gasteiger partial charge in [-0.1, -0.05) is 11.6 Å². The molecule has 0 fully saturated rings. The van der Waals surface area contributed by atoms with Crippen LogP contribution < -0.4 is 4.72 Å². The van der Waals surface area contributed by atoms with E-state index >= 15 is 0 Å². The molecule has 2 aromatic heterocycles. The molecular weight excluding hydrogens is 356 g/mol. The fraction of sp³-hybridized carbons (Fsp3) is 0.133. The van der Waals surface area contributed by atoms with Gasteiger partial charge in [0, 0.05) is 18.1 Å². The molecule has 9 heteroatoms. The van der Waals surface area contributed by atoms with Crippen LogP contribution in [0.5, 0.6) is 0 Å². The van der Waals surface area contributed by atoms with E-state index in [9.17, 15) is 13.2 Å². The van der Waals surface area contributed by atoms with Crippen LogP contribution in [0.15, 0.2) is 46.0 Å². The predicted molar refractivity (Wildman–Crippen MR) is 89.1 cm³/mol. The van der Waals surface area contributed by atoms with Crippen LogP contribution in [0.2, 0.25) is 5.02 Å². The van der Waals surface area contributed by atoms with Crippen molar-refractivity contribution in [2.45, 2.75) is 18.4 Å². The number of aromatic carboxylic acids is 1. The van der Waals surface area contributed by atoms with Gasteiger partial charge >= 0.3 is 5.97 Å². The van der Waals surface area contributed by atoms with Gasteiger partial charge in [0.25, 0.3) is 10.0 Å². The number of hydrogen-bond donors (Lipinski definition) is 2. The van der Waals surface area contributed by atoms with Crippen molar-refractivity contribution in [2.75, 3.05) is 4.72 Å². The Morgan fingerprint density at radius 3 is 2.75 bits per heavy atom. The minimum Gasteiger partial charge on any atom is -0.477 e. The highest BCUT2D eigenvalue weighted by Crippen LogP contribution is 2.32. The number of furan rings is 1. The fourth-order valence-electron chi connectivity index (χ4n) is 2.38. The maximum atomic E-state index is 12.6. The number of fused-ring (bicyclic) bond motifs is 1. The highest BCUT2D eigenvalue weighted by atomic mass is 35.5. The molecule has 0 radical (unpaired) electrons. The molecule has 0 saturated heterocycles. The molecule has 0 aliphatic carbocycles. The van der Waals surface area contributed by atoms with E-state index in [2.05, 4.69) is 4.72 Å². The number of anilines is 1. The Kier molecular flexibility index (Phi) is 4.02. The average Bonchev–Trinajstić information content (AvgIpc) is 3.16. The highest BCUT2D eigenvalue weighted by Gasteiger charge is 2.22. The molecule has 3 rings (SSSR count). The molecule has 0 bridgehead atoms. The van der Waals surface area contributed by atoms with Gasteiger partial charge in [0.2, 0.25) is 0 Å². The number of hydrogen-bond acceptors (Lipinski definition) is 4. The third-order valence-electron chi connectivity index (χ3n) is 3.55. The van der Waals surface area contributed by atoms with Crippen LogP contribution >= 0.6 is 11.6 Å². The normalized spacial score (nSPS) is 11.8. The summed E-state index contributed by atoms with van der Waals surface area (Å²) in [6.45, 7) is 2.06. The fourth-order valence-corrected chi connectivity index (χ4v) is 3.70. The summed E-state index contributed by atoms with van der Waals surface area (Å²) in [6, 6.07) is 5.78. The number of carboxylic acids is 1. The van der Waals surface area contributed by atoms with Gasteiger partial charge in [-0.05, 0) is 31.2 Å². The molecule has 7 nitrogen and oxygen atoms in total. The number of nitrogens with one attached hydrogen (secondary N) is 1. The second-order valence-electron chi connectivity index (χ2n) is 5.02. The summed E-state index contributed by atoms with van der Waals surface area (Å²) in [5, 5.41) is 10.2. The Balaban J connectivity index is 2.04. The lowest BCUT2D eigenvalue weighted by atomic mass is 10.2. The standard InChI is InChI=1S/C15H13ClN2O5S/c1-2-18-8-9(7-13(18)15(19)20)24(21,22)17-12-4-3-11(16)10-5-6-23-14(10)12/h3-8,17H,2H2,1H3,(H,19,20). The number of sulfonamides is 1. The zero-order chi connectivity index (χ0) is 17.5. The van der Waals surface area contributed by atoms with E-state index in [-0.39, 0.29) is 16.3 Å². The smallest absolute Gasteiger partial charge is 0.352 e. The molecular formula is C15H13ClN2O5S. The molecule has 0 unspecified atom stereocenters. The third kappa shape index (κ3) is 2.74. The lowest BCUT2D eigenvalue weighted by Gasteiger charge is -2.07. The van der Waals surface area contributed by atoms with Gasteiger partial charge < -0.3 is 14.1 Å². The summed E-state index contributed by atoms with van der Waals surface area (Å²) in [7, 11) is -3.98. The Bertz CT molecular complexity index is 1040. The summed E-state index contributed by atoms with van der Waals surface area (Å²) in [6.07, 6.45) is 2.69. The molecule has 0 amide bonds. The minimum absolute atomic E-state index is 0.0999. The van der Waals surface area contributed by atoms with Crippen LogP contribution in [0.3, 0.4) is 0 Å². The second-order valence-corrected chi connectivity index (χ2v) is 7.11. The van der Waals surface area contributed by atoms with E-state index in [0.29, 0.717) is 22.5 Å². The van der Waals surface area contributed by atoms with Crippen LogP contribution in [0.25, 0.3) is 11.0 Å².